The Morgan fingerprint density at radius 2 is 1.69 bits per heavy atom. The fourth-order valence-corrected chi connectivity index (χ4v) is 5.11. The number of carbonyl (C=O) groups is 1. The summed E-state index contributed by atoms with van der Waals surface area (Å²) in [7, 11) is -2.94. The van der Waals surface area contributed by atoms with Gasteiger partial charge in [0.2, 0.25) is 5.91 Å². The minimum atomic E-state index is -4.28. The maximum absolute atomic E-state index is 13.6. The maximum atomic E-state index is 13.6. The van der Waals surface area contributed by atoms with Crippen LogP contribution in [0.25, 0.3) is 0 Å². The predicted octanol–water partition coefficient (Wildman–Crippen LogP) is 5.28. The van der Waals surface area contributed by atoms with Crippen LogP contribution < -0.4 is 14.4 Å². The highest BCUT2D eigenvalue weighted by molar-refractivity contribution is 7.93. The largest absolute Gasteiger partial charge is 0.495 e. The number of carbonyl (C=O) groups excluding carboxylic acids is 1. The van der Waals surface area contributed by atoms with E-state index in [-0.39, 0.29) is 32.1 Å². The summed E-state index contributed by atoms with van der Waals surface area (Å²) in [4.78, 5) is 12.7. The number of hydrogen-bond acceptors (Lipinski definition) is 4. The molecule has 0 bridgehead atoms. The van der Waals surface area contributed by atoms with Crippen molar-refractivity contribution in [2.75, 3.05) is 23.3 Å². The van der Waals surface area contributed by atoms with Crippen LogP contribution in [0.4, 0.5) is 15.8 Å². The second kappa shape index (κ2) is 9.77. The first-order valence-corrected chi connectivity index (χ1v) is 11.5. The molecule has 0 spiro atoms. The van der Waals surface area contributed by atoms with Crippen molar-refractivity contribution in [1.29, 1.82) is 0 Å². The minimum Gasteiger partial charge on any atom is -0.495 e. The van der Waals surface area contributed by atoms with Gasteiger partial charge in [0.25, 0.3) is 10.0 Å². The van der Waals surface area contributed by atoms with Crippen molar-refractivity contribution in [3.63, 3.8) is 0 Å². The van der Waals surface area contributed by atoms with Crippen molar-refractivity contribution in [1.82, 2.24) is 0 Å². The molecule has 0 atom stereocenters. The van der Waals surface area contributed by atoms with Gasteiger partial charge in [0.15, 0.2) is 0 Å². The smallest absolute Gasteiger partial charge is 0.268 e. The van der Waals surface area contributed by atoms with Gasteiger partial charge in [-0.2, -0.15) is 0 Å². The number of aryl methyl sites for hydroxylation is 1. The van der Waals surface area contributed by atoms with Crippen molar-refractivity contribution in [2.45, 2.75) is 11.8 Å². The average Bonchev–Trinajstić information content (AvgIpc) is 2.75. The van der Waals surface area contributed by atoms with E-state index in [1.807, 2.05) is 0 Å². The summed E-state index contributed by atoms with van der Waals surface area (Å²) in [6.07, 6.45) is 0. The van der Waals surface area contributed by atoms with Crippen LogP contribution in [0.5, 0.6) is 5.75 Å². The zero-order valence-corrected chi connectivity index (χ0v) is 19.4. The second-order valence-electron chi connectivity index (χ2n) is 6.79. The molecule has 0 unspecified atom stereocenters. The van der Waals surface area contributed by atoms with Crippen molar-refractivity contribution in [2.24, 2.45) is 0 Å². The van der Waals surface area contributed by atoms with E-state index in [1.54, 1.807) is 19.1 Å². The first kappa shape index (κ1) is 23.8. The molecule has 1 N–H and O–H groups in total. The Morgan fingerprint density at radius 3 is 2.28 bits per heavy atom. The van der Waals surface area contributed by atoms with Crippen LogP contribution in [0.2, 0.25) is 10.0 Å². The second-order valence-corrected chi connectivity index (χ2v) is 9.43. The summed E-state index contributed by atoms with van der Waals surface area (Å²) < 4.78 is 46.8. The molecule has 6 nitrogen and oxygen atoms in total. The van der Waals surface area contributed by atoms with Crippen LogP contribution in [0.3, 0.4) is 0 Å². The standard InChI is InChI=1S/C22H19Cl2FN2O4S/c1-14-6-11-19(31-2)20(12-14)32(29,30)27(16-9-7-15(25)8-10-16)13-21(28)26-22-17(23)4-3-5-18(22)24/h3-12H,13H2,1-2H3,(H,26,28). The Bertz CT molecular complexity index is 1230. The van der Waals surface area contributed by atoms with Gasteiger partial charge in [-0.1, -0.05) is 35.3 Å². The number of halogens is 3. The van der Waals surface area contributed by atoms with Gasteiger partial charge < -0.3 is 10.1 Å². The molecule has 0 aliphatic carbocycles. The molecule has 0 saturated carbocycles. The number of hydrogen-bond donors (Lipinski definition) is 1. The van der Waals surface area contributed by atoms with Crippen LogP contribution in [-0.2, 0) is 14.8 Å². The van der Waals surface area contributed by atoms with E-state index in [1.165, 1.54) is 43.5 Å². The Labute approximate surface area is 195 Å². The minimum absolute atomic E-state index is 0.0929. The van der Waals surface area contributed by atoms with Crippen LogP contribution in [-0.4, -0.2) is 28.0 Å². The molecule has 0 aromatic heterocycles. The lowest BCUT2D eigenvalue weighted by atomic mass is 10.2. The number of anilines is 2. The number of methoxy groups -OCH3 is 1. The molecule has 0 fully saturated rings. The van der Waals surface area contributed by atoms with E-state index < -0.39 is 28.3 Å². The molecule has 10 heteroatoms. The van der Waals surface area contributed by atoms with Gasteiger partial charge >= 0.3 is 0 Å². The Morgan fingerprint density at radius 1 is 1.06 bits per heavy atom. The highest BCUT2D eigenvalue weighted by Gasteiger charge is 2.30. The number of amides is 1. The molecular formula is C22H19Cl2FN2O4S. The summed E-state index contributed by atoms with van der Waals surface area (Å²) in [5.74, 6) is -1.14. The fourth-order valence-electron chi connectivity index (χ4n) is 2.95. The van der Waals surface area contributed by atoms with Gasteiger partial charge in [0, 0.05) is 0 Å². The van der Waals surface area contributed by atoms with Gasteiger partial charge in [-0.05, 0) is 61.0 Å². The fraction of sp³-hybridized carbons (Fsp3) is 0.136. The normalized spacial score (nSPS) is 11.2. The summed E-state index contributed by atoms with van der Waals surface area (Å²) >= 11 is 12.2. The van der Waals surface area contributed by atoms with E-state index in [0.717, 1.165) is 16.4 Å². The number of ether oxygens (including phenoxy) is 1. The first-order chi connectivity index (χ1) is 15.1. The molecule has 3 aromatic rings. The van der Waals surface area contributed by atoms with Crippen molar-refractivity contribution in [3.8, 4) is 5.75 Å². The molecular weight excluding hydrogens is 478 g/mol. The van der Waals surface area contributed by atoms with Gasteiger partial charge in [-0.25, -0.2) is 12.8 Å². The number of rotatable bonds is 7. The van der Waals surface area contributed by atoms with Crippen LogP contribution in [0.1, 0.15) is 5.56 Å². The van der Waals surface area contributed by atoms with E-state index in [4.69, 9.17) is 27.9 Å². The van der Waals surface area contributed by atoms with Crippen molar-refractivity contribution >= 4 is 50.5 Å². The molecule has 3 aromatic carbocycles. The lowest BCUT2D eigenvalue weighted by Crippen LogP contribution is -2.38. The molecule has 0 aliphatic rings. The molecule has 0 aliphatic heterocycles. The molecule has 1 amide bonds. The summed E-state index contributed by atoms with van der Waals surface area (Å²) in [5, 5.41) is 2.93. The Kier molecular flexibility index (Phi) is 7.28. The van der Waals surface area contributed by atoms with Gasteiger partial charge in [0.1, 0.15) is 23.0 Å². The third kappa shape index (κ3) is 5.15. The van der Waals surface area contributed by atoms with Crippen LogP contribution in [0.15, 0.2) is 65.6 Å². The van der Waals surface area contributed by atoms with E-state index in [9.17, 15) is 17.6 Å². The zero-order chi connectivity index (χ0) is 23.5. The number of nitrogens with zero attached hydrogens (tertiary/aromatic N) is 1. The summed E-state index contributed by atoms with van der Waals surface area (Å²) in [6, 6.07) is 14.1. The highest BCUT2D eigenvalue weighted by Crippen LogP contribution is 2.32. The van der Waals surface area contributed by atoms with Crippen molar-refractivity contribution in [3.05, 3.63) is 82.1 Å². The third-order valence-corrected chi connectivity index (χ3v) is 6.94. The third-order valence-electron chi connectivity index (χ3n) is 4.52. The summed E-state index contributed by atoms with van der Waals surface area (Å²) in [6.45, 7) is 1.11. The average molecular weight is 497 g/mol. The van der Waals surface area contributed by atoms with Gasteiger partial charge in [-0.3, -0.25) is 9.10 Å². The van der Waals surface area contributed by atoms with E-state index >= 15 is 0 Å². The Hall–Kier alpha value is -2.81. The molecule has 0 saturated heterocycles. The van der Waals surface area contributed by atoms with Crippen molar-refractivity contribution < 1.29 is 22.3 Å². The molecule has 3 rings (SSSR count). The lowest BCUT2D eigenvalue weighted by Gasteiger charge is -2.25. The molecule has 0 radical (unpaired) electrons. The topological polar surface area (TPSA) is 75.7 Å². The highest BCUT2D eigenvalue weighted by atomic mass is 35.5. The monoisotopic (exact) mass is 496 g/mol. The maximum Gasteiger partial charge on any atom is 0.268 e. The quantitative estimate of drug-likeness (QED) is 0.482. The number of nitrogens with one attached hydrogen (secondary N) is 1. The number of para-hydroxylation sites is 1. The Balaban J connectivity index is 2.04. The number of benzene rings is 3. The molecule has 168 valence electrons. The SMILES string of the molecule is COc1ccc(C)cc1S(=O)(=O)N(CC(=O)Nc1c(Cl)cccc1Cl)c1ccc(F)cc1. The first-order valence-electron chi connectivity index (χ1n) is 9.30. The molecule has 32 heavy (non-hydrogen) atoms. The lowest BCUT2D eigenvalue weighted by molar-refractivity contribution is -0.114. The van der Waals surface area contributed by atoms with Gasteiger partial charge in [0.05, 0.1) is 28.5 Å². The number of sulfonamides is 1. The van der Waals surface area contributed by atoms with Crippen LogP contribution in [0, 0.1) is 12.7 Å². The summed E-state index contributed by atoms with van der Waals surface area (Å²) in [5.41, 5.74) is 0.927. The van der Waals surface area contributed by atoms with Crippen LogP contribution >= 0.6 is 23.2 Å². The molecule has 0 heterocycles. The zero-order valence-electron chi connectivity index (χ0n) is 17.1. The van der Waals surface area contributed by atoms with E-state index in [0.29, 0.717) is 5.56 Å². The predicted molar refractivity (Wildman–Crippen MR) is 124 cm³/mol. The van der Waals surface area contributed by atoms with Gasteiger partial charge in [-0.15, -0.1) is 0 Å². The van der Waals surface area contributed by atoms with E-state index in [2.05, 4.69) is 5.32 Å².